The van der Waals surface area contributed by atoms with Gasteiger partial charge in [-0.2, -0.15) is 11.3 Å². The van der Waals surface area contributed by atoms with Gasteiger partial charge in [-0.1, -0.05) is 0 Å². The lowest BCUT2D eigenvalue weighted by atomic mass is 10.1. The molecule has 1 aromatic heterocycles. The molecule has 96 valence electrons. The molecule has 0 aliphatic carbocycles. The molecular weight excluding hydrogens is 246 g/mol. The third kappa shape index (κ3) is 2.76. The van der Waals surface area contributed by atoms with Gasteiger partial charge in [0.25, 0.3) is 0 Å². The highest BCUT2D eigenvalue weighted by atomic mass is 32.1. The SMILES string of the molecule is COc1ccc(NC(C)c2ccsc2)cc1OC. The molecule has 1 N–H and O–H groups in total. The van der Waals surface area contributed by atoms with E-state index in [4.69, 9.17) is 9.47 Å². The minimum Gasteiger partial charge on any atom is -0.493 e. The summed E-state index contributed by atoms with van der Waals surface area (Å²) in [6.45, 7) is 2.14. The highest BCUT2D eigenvalue weighted by Gasteiger charge is 2.08. The quantitative estimate of drug-likeness (QED) is 0.886. The molecule has 0 aliphatic heterocycles. The number of benzene rings is 1. The Morgan fingerprint density at radius 1 is 1.11 bits per heavy atom. The standard InChI is InChI=1S/C14H17NO2S/c1-10(11-6-7-18-9-11)15-12-4-5-13(16-2)14(8-12)17-3/h4-10,15H,1-3H3. The summed E-state index contributed by atoms with van der Waals surface area (Å²) >= 11 is 1.71. The molecule has 1 atom stereocenters. The first-order valence-corrected chi connectivity index (χ1v) is 6.69. The van der Waals surface area contributed by atoms with Crippen molar-refractivity contribution in [3.63, 3.8) is 0 Å². The van der Waals surface area contributed by atoms with Crippen LogP contribution in [0.3, 0.4) is 0 Å². The minimum absolute atomic E-state index is 0.273. The molecule has 1 aromatic carbocycles. The zero-order valence-corrected chi connectivity index (χ0v) is 11.6. The minimum atomic E-state index is 0.273. The van der Waals surface area contributed by atoms with Gasteiger partial charge in [-0.05, 0) is 41.4 Å². The van der Waals surface area contributed by atoms with Crippen molar-refractivity contribution < 1.29 is 9.47 Å². The van der Waals surface area contributed by atoms with Crippen LogP contribution in [0, 0.1) is 0 Å². The summed E-state index contributed by atoms with van der Waals surface area (Å²) in [5.74, 6) is 1.48. The van der Waals surface area contributed by atoms with E-state index < -0.39 is 0 Å². The van der Waals surface area contributed by atoms with Gasteiger partial charge in [0.1, 0.15) is 0 Å². The van der Waals surface area contributed by atoms with Crippen molar-refractivity contribution in [1.82, 2.24) is 0 Å². The monoisotopic (exact) mass is 263 g/mol. The van der Waals surface area contributed by atoms with E-state index in [-0.39, 0.29) is 6.04 Å². The van der Waals surface area contributed by atoms with Crippen LogP contribution in [0.2, 0.25) is 0 Å². The second-order valence-corrected chi connectivity index (χ2v) is 4.77. The number of methoxy groups -OCH3 is 2. The number of hydrogen-bond acceptors (Lipinski definition) is 4. The molecule has 4 heteroatoms. The van der Waals surface area contributed by atoms with Gasteiger partial charge in [-0.3, -0.25) is 0 Å². The van der Waals surface area contributed by atoms with Crippen LogP contribution in [0.25, 0.3) is 0 Å². The Balaban J connectivity index is 2.14. The van der Waals surface area contributed by atoms with E-state index in [1.54, 1.807) is 25.6 Å². The molecule has 0 amide bonds. The van der Waals surface area contributed by atoms with Crippen LogP contribution in [0.5, 0.6) is 11.5 Å². The lowest BCUT2D eigenvalue weighted by Crippen LogP contribution is -2.05. The van der Waals surface area contributed by atoms with Crippen LogP contribution < -0.4 is 14.8 Å². The Kier molecular flexibility index (Phi) is 4.10. The Morgan fingerprint density at radius 2 is 1.89 bits per heavy atom. The molecule has 0 saturated carbocycles. The first kappa shape index (κ1) is 12.8. The lowest BCUT2D eigenvalue weighted by molar-refractivity contribution is 0.355. The van der Waals surface area contributed by atoms with Crippen molar-refractivity contribution >= 4 is 17.0 Å². The summed E-state index contributed by atoms with van der Waals surface area (Å²) in [5.41, 5.74) is 2.31. The zero-order chi connectivity index (χ0) is 13.0. The van der Waals surface area contributed by atoms with Crippen LogP contribution in [0.4, 0.5) is 5.69 Å². The first-order chi connectivity index (χ1) is 8.74. The van der Waals surface area contributed by atoms with Gasteiger partial charge in [0.05, 0.1) is 14.2 Å². The summed E-state index contributed by atoms with van der Waals surface area (Å²) in [7, 11) is 3.28. The van der Waals surface area contributed by atoms with E-state index in [1.807, 2.05) is 18.2 Å². The summed E-state index contributed by atoms with van der Waals surface area (Å²) in [6.07, 6.45) is 0. The third-order valence-electron chi connectivity index (χ3n) is 2.81. The van der Waals surface area contributed by atoms with E-state index >= 15 is 0 Å². The fourth-order valence-electron chi connectivity index (χ4n) is 1.78. The molecule has 1 unspecified atom stereocenters. The third-order valence-corrected chi connectivity index (χ3v) is 3.51. The van der Waals surface area contributed by atoms with Crippen LogP contribution in [-0.4, -0.2) is 14.2 Å². The maximum absolute atomic E-state index is 5.29. The molecule has 0 radical (unpaired) electrons. The summed E-state index contributed by atoms with van der Waals surface area (Å²) in [6, 6.07) is 8.24. The van der Waals surface area contributed by atoms with Gasteiger partial charge in [0.15, 0.2) is 11.5 Å². The fraction of sp³-hybridized carbons (Fsp3) is 0.286. The van der Waals surface area contributed by atoms with E-state index in [2.05, 4.69) is 29.1 Å². The smallest absolute Gasteiger partial charge is 0.162 e. The Morgan fingerprint density at radius 3 is 2.50 bits per heavy atom. The van der Waals surface area contributed by atoms with Gasteiger partial charge in [-0.15, -0.1) is 0 Å². The van der Waals surface area contributed by atoms with Crippen molar-refractivity contribution in [2.45, 2.75) is 13.0 Å². The predicted molar refractivity (Wildman–Crippen MR) is 75.9 cm³/mol. The highest BCUT2D eigenvalue weighted by Crippen LogP contribution is 2.31. The number of hydrogen-bond donors (Lipinski definition) is 1. The van der Waals surface area contributed by atoms with E-state index in [0.717, 1.165) is 17.2 Å². The first-order valence-electron chi connectivity index (χ1n) is 5.75. The van der Waals surface area contributed by atoms with E-state index in [1.165, 1.54) is 5.56 Å². The Labute approximate surface area is 111 Å². The van der Waals surface area contributed by atoms with Gasteiger partial charge in [0, 0.05) is 17.8 Å². The number of anilines is 1. The average Bonchev–Trinajstić information content (AvgIpc) is 2.92. The summed E-state index contributed by atoms with van der Waals surface area (Å²) < 4.78 is 10.5. The molecule has 2 aromatic rings. The molecule has 2 rings (SSSR count). The number of thiophene rings is 1. The van der Waals surface area contributed by atoms with Gasteiger partial charge < -0.3 is 14.8 Å². The van der Waals surface area contributed by atoms with Crippen LogP contribution in [0.15, 0.2) is 35.0 Å². The lowest BCUT2D eigenvalue weighted by Gasteiger charge is -2.16. The maximum Gasteiger partial charge on any atom is 0.162 e. The van der Waals surface area contributed by atoms with Crippen molar-refractivity contribution in [2.75, 3.05) is 19.5 Å². The number of nitrogens with one attached hydrogen (secondary N) is 1. The normalized spacial score (nSPS) is 11.9. The second-order valence-electron chi connectivity index (χ2n) is 3.99. The maximum atomic E-state index is 5.29. The van der Waals surface area contributed by atoms with Crippen molar-refractivity contribution in [3.05, 3.63) is 40.6 Å². The van der Waals surface area contributed by atoms with Crippen molar-refractivity contribution in [1.29, 1.82) is 0 Å². The molecule has 0 spiro atoms. The zero-order valence-electron chi connectivity index (χ0n) is 10.8. The van der Waals surface area contributed by atoms with Crippen LogP contribution in [0.1, 0.15) is 18.5 Å². The fourth-order valence-corrected chi connectivity index (χ4v) is 2.53. The summed E-state index contributed by atoms with van der Waals surface area (Å²) in [4.78, 5) is 0. The van der Waals surface area contributed by atoms with Gasteiger partial charge in [0.2, 0.25) is 0 Å². The largest absolute Gasteiger partial charge is 0.493 e. The molecule has 0 aliphatic rings. The Bertz CT molecular complexity index is 497. The molecule has 1 heterocycles. The molecule has 18 heavy (non-hydrogen) atoms. The Hall–Kier alpha value is -1.68. The van der Waals surface area contributed by atoms with E-state index in [0.29, 0.717) is 0 Å². The van der Waals surface area contributed by atoms with Crippen molar-refractivity contribution in [3.8, 4) is 11.5 Å². The van der Waals surface area contributed by atoms with Crippen LogP contribution in [-0.2, 0) is 0 Å². The van der Waals surface area contributed by atoms with Gasteiger partial charge >= 0.3 is 0 Å². The number of rotatable bonds is 5. The van der Waals surface area contributed by atoms with Crippen molar-refractivity contribution in [2.24, 2.45) is 0 Å². The molecule has 3 nitrogen and oxygen atoms in total. The second kappa shape index (κ2) is 5.78. The molecule has 0 fully saturated rings. The predicted octanol–water partition coefficient (Wildman–Crippen LogP) is 3.94. The molecule has 0 bridgehead atoms. The van der Waals surface area contributed by atoms with Crippen LogP contribution >= 0.6 is 11.3 Å². The molecule has 0 saturated heterocycles. The topological polar surface area (TPSA) is 30.5 Å². The molecular formula is C14H17NO2S. The van der Waals surface area contributed by atoms with Gasteiger partial charge in [-0.25, -0.2) is 0 Å². The summed E-state index contributed by atoms with van der Waals surface area (Å²) in [5, 5.41) is 7.68. The average molecular weight is 263 g/mol. The van der Waals surface area contributed by atoms with E-state index in [9.17, 15) is 0 Å². The number of ether oxygens (including phenoxy) is 2. The highest BCUT2D eigenvalue weighted by molar-refractivity contribution is 7.07.